The second-order valence-corrected chi connectivity index (χ2v) is 5.33. The molecule has 1 fully saturated rings. The fourth-order valence-electron chi connectivity index (χ4n) is 2.44. The predicted octanol–water partition coefficient (Wildman–Crippen LogP) is 2.11. The third-order valence-electron chi connectivity index (χ3n) is 3.55. The summed E-state index contributed by atoms with van der Waals surface area (Å²) in [5.74, 6) is 0.711. The van der Waals surface area contributed by atoms with E-state index < -0.39 is 0 Å². The minimum Gasteiger partial charge on any atom is -0.349 e. The van der Waals surface area contributed by atoms with Crippen LogP contribution < -0.4 is 10.6 Å². The Morgan fingerprint density at radius 3 is 2.61 bits per heavy atom. The van der Waals surface area contributed by atoms with Gasteiger partial charge in [0.05, 0.1) is 12.0 Å². The van der Waals surface area contributed by atoms with Gasteiger partial charge in [0.15, 0.2) is 0 Å². The third-order valence-corrected chi connectivity index (χ3v) is 3.55. The first kappa shape index (κ1) is 13.1. The molecule has 1 aromatic carbocycles. The van der Waals surface area contributed by atoms with E-state index in [4.69, 9.17) is 0 Å². The van der Waals surface area contributed by atoms with Crippen molar-refractivity contribution in [2.45, 2.75) is 26.3 Å². The second kappa shape index (κ2) is 6.01. The Bertz CT molecular complexity index is 383. The molecule has 0 aromatic heterocycles. The summed E-state index contributed by atoms with van der Waals surface area (Å²) < 4.78 is 0. The van der Waals surface area contributed by atoms with E-state index in [1.165, 1.54) is 5.56 Å². The van der Waals surface area contributed by atoms with Gasteiger partial charge in [-0.1, -0.05) is 44.2 Å². The minimum atomic E-state index is 0.110. The molecule has 3 heteroatoms. The van der Waals surface area contributed by atoms with E-state index in [-0.39, 0.29) is 17.9 Å². The van der Waals surface area contributed by atoms with E-state index >= 15 is 0 Å². The van der Waals surface area contributed by atoms with Gasteiger partial charge < -0.3 is 10.6 Å². The molecule has 0 bridgehead atoms. The summed E-state index contributed by atoms with van der Waals surface area (Å²) in [5, 5.41) is 6.43. The molecule has 2 atom stereocenters. The molecule has 2 unspecified atom stereocenters. The van der Waals surface area contributed by atoms with Crippen LogP contribution in [0.5, 0.6) is 0 Å². The number of amides is 1. The molecule has 2 N–H and O–H groups in total. The van der Waals surface area contributed by atoms with E-state index in [0.717, 1.165) is 19.5 Å². The van der Waals surface area contributed by atoms with Crippen molar-refractivity contribution in [3.8, 4) is 0 Å². The Labute approximate surface area is 109 Å². The topological polar surface area (TPSA) is 41.1 Å². The third kappa shape index (κ3) is 3.10. The van der Waals surface area contributed by atoms with Crippen LogP contribution in [-0.4, -0.2) is 19.0 Å². The van der Waals surface area contributed by atoms with Gasteiger partial charge in [0.25, 0.3) is 0 Å². The molecular formula is C15H22N2O. The number of rotatable bonds is 4. The largest absolute Gasteiger partial charge is 0.349 e. The van der Waals surface area contributed by atoms with Gasteiger partial charge in [0.1, 0.15) is 0 Å². The fraction of sp³-hybridized carbons (Fsp3) is 0.533. The predicted molar refractivity (Wildman–Crippen MR) is 73.1 cm³/mol. The van der Waals surface area contributed by atoms with Crippen molar-refractivity contribution < 1.29 is 4.79 Å². The SMILES string of the molecule is CC(C)C(NC(=O)C1CCNC1)c1ccccc1. The van der Waals surface area contributed by atoms with Crippen molar-refractivity contribution in [3.63, 3.8) is 0 Å². The first-order chi connectivity index (χ1) is 8.68. The van der Waals surface area contributed by atoms with Crippen molar-refractivity contribution >= 4 is 5.91 Å². The molecule has 98 valence electrons. The van der Waals surface area contributed by atoms with Gasteiger partial charge >= 0.3 is 0 Å². The standard InChI is InChI=1S/C15H22N2O/c1-11(2)14(12-6-4-3-5-7-12)17-15(18)13-8-9-16-10-13/h3-7,11,13-14,16H,8-10H2,1-2H3,(H,17,18). The maximum absolute atomic E-state index is 12.2. The van der Waals surface area contributed by atoms with Crippen LogP contribution in [0.1, 0.15) is 31.9 Å². The molecule has 1 aromatic rings. The lowest BCUT2D eigenvalue weighted by molar-refractivity contribution is -0.125. The van der Waals surface area contributed by atoms with Crippen LogP contribution >= 0.6 is 0 Å². The summed E-state index contributed by atoms with van der Waals surface area (Å²) >= 11 is 0. The number of carbonyl (C=O) groups excluding carboxylic acids is 1. The van der Waals surface area contributed by atoms with Crippen molar-refractivity contribution in [2.24, 2.45) is 11.8 Å². The summed E-state index contributed by atoms with van der Waals surface area (Å²) in [6, 6.07) is 10.3. The lowest BCUT2D eigenvalue weighted by atomic mass is 9.95. The number of nitrogens with one attached hydrogen (secondary N) is 2. The molecule has 18 heavy (non-hydrogen) atoms. The van der Waals surface area contributed by atoms with Crippen molar-refractivity contribution in [1.29, 1.82) is 0 Å². The van der Waals surface area contributed by atoms with Crippen LogP contribution in [-0.2, 0) is 4.79 Å². The molecule has 0 saturated carbocycles. The van der Waals surface area contributed by atoms with Crippen LogP contribution in [0.25, 0.3) is 0 Å². The lowest BCUT2D eigenvalue weighted by Gasteiger charge is -2.24. The smallest absolute Gasteiger partial charge is 0.224 e. The number of hydrogen-bond acceptors (Lipinski definition) is 2. The Hall–Kier alpha value is -1.35. The quantitative estimate of drug-likeness (QED) is 0.854. The molecule has 2 rings (SSSR count). The van der Waals surface area contributed by atoms with Crippen LogP contribution in [0.4, 0.5) is 0 Å². The van der Waals surface area contributed by atoms with Crippen LogP contribution in [0.2, 0.25) is 0 Å². The molecular weight excluding hydrogens is 224 g/mol. The summed E-state index contributed by atoms with van der Waals surface area (Å²) in [7, 11) is 0. The highest BCUT2D eigenvalue weighted by molar-refractivity contribution is 5.79. The van der Waals surface area contributed by atoms with Crippen molar-refractivity contribution in [3.05, 3.63) is 35.9 Å². The van der Waals surface area contributed by atoms with E-state index in [2.05, 4.69) is 36.6 Å². The average Bonchev–Trinajstić information content (AvgIpc) is 2.90. The van der Waals surface area contributed by atoms with E-state index in [1.54, 1.807) is 0 Å². The first-order valence-electron chi connectivity index (χ1n) is 6.74. The van der Waals surface area contributed by atoms with Gasteiger partial charge in [-0.2, -0.15) is 0 Å². The zero-order valence-electron chi connectivity index (χ0n) is 11.1. The van der Waals surface area contributed by atoms with E-state index in [1.807, 2.05) is 18.2 Å². The maximum atomic E-state index is 12.2. The van der Waals surface area contributed by atoms with Gasteiger partial charge in [0, 0.05) is 6.54 Å². The average molecular weight is 246 g/mol. The molecule has 1 amide bonds. The highest BCUT2D eigenvalue weighted by Gasteiger charge is 2.26. The molecule has 3 nitrogen and oxygen atoms in total. The summed E-state index contributed by atoms with van der Waals surface area (Å²) in [6.45, 7) is 6.05. The minimum absolute atomic E-state index is 0.110. The number of carbonyl (C=O) groups is 1. The van der Waals surface area contributed by atoms with Crippen molar-refractivity contribution in [2.75, 3.05) is 13.1 Å². The Balaban J connectivity index is 2.05. The van der Waals surface area contributed by atoms with Crippen molar-refractivity contribution in [1.82, 2.24) is 10.6 Å². The molecule has 1 heterocycles. The number of hydrogen-bond donors (Lipinski definition) is 2. The highest BCUT2D eigenvalue weighted by Crippen LogP contribution is 2.22. The summed E-state index contributed by atoms with van der Waals surface area (Å²) in [5.41, 5.74) is 1.19. The van der Waals surface area contributed by atoms with Gasteiger partial charge in [-0.3, -0.25) is 4.79 Å². The first-order valence-corrected chi connectivity index (χ1v) is 6.74. The summed E-state index contributed by atoms with van der Waals surface area (Å²) in [4.78, 5) is 12.2. The summed E-state index contributed by atoms with van der Waals surface area (Å²) in [6.07, 6.45) is 0.950. The zero-order valence-corrected chi connectivity index (χ0v) is 11.1. The highest BCUT2D eigenvalue weighted by atomic mass is 16.2. The Morgan fingerprint density at radius 1 is 1.33 bits per heavy atom. The lowest BCUT2D eigenvalue weighted by Crippen LogP contribution is -2.37. The molecule has 0 aliphatic carbocycles. The monoisotopic (exact) mass is 246 g/mol. The van der Waals surface area contributed by atoms with E-state index in [0.29, 0.717) is 5.92 Å². The van der Waals surface area contributed by atoms with E-state index in [9.17, 15) is 4.79 Å². The Kier molecular flexibility index (Phi) is 4.37. The normalized spacial score (nSPS) is 20.9. The molecule has 0 spiro atoms. The second-order valence-electron chi connectivity index (χ2n) is 5.33. The maximum Gasteiger partial charge on any atom is 0.224 e. The van der Waals surface area contributed by atoms with Gasteiger partial charge in [-0.25, -0.2) is 0 Å². The fourth-order valence-corrected chi connectivity index (χ4v) is 2.44. The van der Waals surface area contributed by atoms with Crippen LogP contribution in [0.3, 0.4) is 0 Å². The zero-order chi connectivity index (χ0) is 13.0. The van der Waals surface area contributed by atoms with Crippen LogP contribution in [0.15, 0.2) is 30.3 Å². The number of benzene rings is 1. The van der Waals surface area contributed by atoms with Crippen LogP contribution in [0, 0.1) is 11.8 Å². The molecule has 1 aliphatic heterocycles. The Morgan fingerprint density at radius 2 is 2.06 bits per heavy atom. The molecule has 1 saturated heterocycles. The van der Waals surface area contributed by atoms with Gasteiger partial charge in [-0.05, 0) is 24.4 Å². The van der Waals surface area contributed by atoms with Gasteiger partial charge in [-0.15, -0.1) is 0 Å². The van der Waals surface area contributed by atoms with Gasteiger partial charge in [0.2, 0.25) is 5.91 Å². The molecule has 0 radical (unpaired) electrons. The molecule has 1 aliphatic rings.